The Hall–Kier alpha value is -2.36. The third kappa shape index (κ3) is 5.57. The summed E-state index contributed by atoms with van der Waals surface area (Å²) in [6, 6.07) is 5.99. The van der Waals surface area contributed by atoms with E-state index in [4.69, 9.17) is 27.9 Å². The van der Waals surface area contributed by atoms with E-state index in [1.807, 2.05) is 0 Å². The number of rotatable bonds is 6. The largest absolute Gasteiger partial charge is 0.466 e. The van der Waals surface area contributed by atoms with Crippen molar-refractivity contribution in [3.63, 3.8) is 0 Å². The number of esters is 1. The van der Waals surface area contributed by atoms with Crippen LogP contribution in [0.5, 0.6) is 0 Å². The number of likely N-dealkylation sites (tertiary alicyclic amines) is 1. The lowest BCUT2D eigenvalue weighted by molar-refractivity contribution is -0.274. The van der Waals surface area contributed by atoms with Gasteiger partial charge in [0.15, 0.2) is 5.60 Å². The zero-order valence-corrected chi connectivity index (χ0v) is 20.6. The lowest BCUT2D eigenvalue weighted by Crippen LogP contribution is -2.46. The number of hydrogen-bond acceptors (Lipinski definition) is 5. The van der Waals surface area contributed by atoms with Gasteiger partial charge in [-0.15, -0.1) is 0 Å². The molecule has 35 heavy (non-hydrogen) atoms. The molecule has 11 heteroatoms. The summed E-state index contributed by atoms with van der Waals surface area (Å²) < 4.78 is 47.4. The molecule has 0 spiro atoms. The molecule has 190 valence electrons. The van der Waals surface area contributed by atoms with Crippen LogP contribution in [-0.2, 0) is 15.1 Å². The van der Waals surface area contributed by atoms with Crippen LogP contribution in [0.4, 0.5) is 13.2 Å². The van der Waals surface area contributed by atoms with E-state index in [9.17, 15) is 27.9 Å². The maximum absolute atomic E-state index is 14.1. The van der Waals surface area contributed by atoms with Crippen LogP contribution in [-0.4, -0.2) is 52.7 Å². The molecule has 0 aliphatic carbocycles. The SMILES string of the molecule is CCOC(=O)C1CCN(C(=O)c2ccc(C(C)C(O)(c3ccnc(Cl)c3)C(F)(F)F)c(Cl)c2)CC1. The van der Waals surface area contributed by atoms with E-state index in [0.717, 1.165) is 18.3 Å². The average molecular weight is 533 g/mol. The number of piperidine rings is 1. The van der Waals surface area contributed by atoms with E-state index in [0.29, 0.717) is 32.5 Å². The molecule has 1 saturated heterocycles. The summed E-state index contributed by atoms with van der Waals surface area (Å²) in [5, 5.41) is 10.6. The Morgan fingerprint density at radius 1 is 1.20 bits per heavy atom. The molecular weight excluding hydrogens is 508 g/mol. The monoisotopic (exact) mass is 532 g/mol. The number of halogens is 5. The maximum Gasteiger partial charge on any atom is 0.422 e. The normalized spacial score (nSPS) is 17.5. The molecule has 1 aliphatic heterocycles. The van der Waals surface area contributed by atoms with Gasteiger partial charge in [-0.3, -0.25) is 9.59 Å². The second-order valence-corrected chi connectivity index (χ2v) is 9.20. The van der Waals surface area contributed by atoms with Gasteiger partial charge < -0.3 is 14.7 Å². The Morgan fingerprint density at radius 3 is 2.40 bits per heavy atom. The second-order valence-electron chi connectivity index (χ2n) is 8.41. The molecule has 0 radical (unpaired) electrons. The van der Waals surface area contributed by atoms with Crippen molar-refractivity contribution in [3.05, 3.63) is 63.4 Å². The fraction of sp³-hybridized carbons (Fsp3) is 0.458. The van der Waals surface area contributed by atoms with Gasteiger partial charge in [0.25, 0.3) is 5.91 Å². The van der Waals surface area contributed by atoms with Gasteiger partial charge >= 0.3 is 12.1 Å². The highest BCUT2D eigenvalue weighted by Gasteiger charge is 2.59. The Labute approximate surface area is 211 Å². The average Bonchev–Trinajstić information content (AvgIpc) is 2.82. The molecule has 6 nitrogen and oxygen atoms in total. The van der Waals surface area contributed by atoms with Gasteiger partial charge in [-0.1, -0.05) is 36.2 Å². The van der Waals surface area contributed by atoms with Crippen molar-refractivity contribution in [2.24, 2.45) is 5.92 Å². The van der Waals surface area contributed by atoms with Crippen molar-refractivity contribution < 1.29 is 32.6 Å². The standard InChI is InChI=1S/C24H25Cl2F3N2O4/c1-3-35-22(33)15-7-10-31(11-8-15)21(32)16-4-5-18(19(25)12-16)14(2)23(34,24(27,28)29)17-6-9-30-20(26)13-17/h4-6,9,12-15,34H,3,7-8,10-11H2,1-2H3. The predicted molar refractivity (Wildman–Crippen MR) is 124 cm³/mol. The van der Waals surface area contributed by atoms with Crippen LogP contribution in [0.25, 0.3) is 0 Å². The number of aliphatic hydroxyl groups is 1. The molecule has 0 saturated carbocycles. The minimum absolute atomic E-state index is 0.0111. The van der Waals surface area contributed by atoms with Crippen molar-refractivity contribution in [1.82, 2.24) is 9.88 Å². The molecule has 1 amide bonds. The van der Waals surface area contributed by atoms with Crippen molar-refractivity contribution in [2.45, 2.75) is 44.4 Å². The molecule has 0 bridgehead atoms. The van der Waals surface area contributed by atoms with E-state index in [2.05, 4.69) is 4.98 Å². The summed E-state index contributed by atoms with van der Waals surface area (Å²) in [6.07, 6.45) is -3.06. The summed E-state index contributed by atoms with van der Waals surface area (Å²) >= 11 is 12.1. The lowest BCUT2D eigenvalue weighted by Gasteiger charge is -2.37. The summed E-state index contributed by atoms with van der Waals surface area (Å²) in [5.74, 6) is -2.43. The Balaban J connectivity index is 1.83. The Bertz CT molecular complexity index is 1090. The number of benzene rings is 1. The zero-order valence-electron chi connectivity index (χ0n) is 19.1. The maximum atomic E-state index is 14.1. The van der Waals surface area contributed by atoms with E-state index in [1.54, 1.807) is 11.8 Å². The highest BCUT2D eigenvalue weighted by molar-refractivity contribution is 6.31. The number of carbonyl (C=O) groups is 2. The molecule has 1 fully saturated rings. The number of aromatic nitrogens is 1. The van der Waals surface area contributed by atoms with Crippen molar-refractivity contribution in [1.29, 1.82) is 0 Å². The molecule has 1 aromatic heterocycles. The molecule has 1 aliphatic rings. The predicted octanol–water partition coefficient (Wildman–Crippen LogP) is 5.36. The topological polar surface area (TPSA) is 79.7 Å². The lowest BCUT2D eigenvalue weighted by atomic mass is 9.78. The van der Waals surface area contributed by atoms with Crippen LogP contribution in [0, 0.1) is 5.92 Å². The quantitative estimate of drug-likeness (QED) is 0.400. The molecule has 2 unspecified atom stereocenters. The van der Waals surface area contributed by atoms with Gasteiger partial charge in [0, 0.05) is 35.8 Å². The first kappa shape index (κ1) is 27.2. The zero-order chi connectivity index (χ0) is 26.0. The number of hydrogen-bond donors (Lipinski definition) is 1. The number of amides is 1. The molecule has 2 aromatic rings. The fourth-order valence-corrected chi connectivity index (χ4v) is 4.81. The van der Waals surface area contributed by atoms with Crippen molar-refractivity contribution in [3.8, 4) is 0 Å². The minimum atomic E-state index is -5.06. The molecular formula is C24H25Cl2F3N2O4. The fourth-order valence-electron chi connectivity index (χ4n) is 4.30. The van der Waals surface area contributed by atoms with Gasteiger partial charge in [-0.25, -0.2) is 4.98 Å². The Morgan fingerprint density at radius 2 is 1.86 bits per heavy atom. The number of carbonyl (C=O) groups excluding carboxylic acids is 2. The number of ether oxygens (including phenoxy) is 1. The molecule has 1 N–H and O–H groups in total. The van der Waals surface area contributed by atoms with Gasteiger partial charge in [0.05, 0.1) is 12.5 Å². The van der Waals surface area contributed by atoms with Gasteiger partial charge in [-0.2, -0.15) is 13.2 Å². The smallest absolute Gasteiger partial charge is 0.422 e. The minimum Gasteiger partial charge on any atom is -0.466 e. The first-order chi connectivity index (χ1) is 16.4. The van der Waals surface area contributed by atoms with Crippen molar-refractivity contribution >= 4 is 35.1 Å². The Kier molecular flexibility index (Phi) is 8.34. The number of alkyl halides is 3. The van der Waals surface area contributed by atoms with Gasteiger partial charge in [-0.05, 0) is 55.2 Å². The van der Waals surface area contributed by atoms with E-state index < -0.39 is 23.3 Å². The van der Waals surface area contributed by atoms with E-state index in [1.165, 1.54) is 25.1 Å². The summed E-state index contributed by atoms with van der Waals surface area (Å²) in [7, 11) is 0. The van der Waals surface area contributed by atoms with Crippen molar-refractivity contribution in [2.75, 3.05) is 19.7 Å². The summed E-state index contributed by atoms with van der Waals surface area (Å²) in [5.41, 5.74) is -3.57. The van der Waals surface area contributed by atoms with E-state index >= 15 is 0 Å². The van der Waals surface area contributed by atoms with Gasteiger partial charge in [0.2, 0.25) is 0 Å². The molecule has 2 heterocycles. The van der Waals surface area contributed by atoms with Crippen LogP contribution in [0.3, 0.4) is 0 Å². The third-order valence-corrected chi connectivity index (χ3v) is 6.88. The van der Waals surface area contributed by atoms with Crippen LogP contribution < -0.4 is 0 Å². The second kappa shape index (κ2) is 10.7. The van der Waals surface area contributed by atoms with Gasteiger partial charge in [0.1, 0.15) is 5.15 Å². The highest BCUT2D eigenvalue weighted by Crippen LogP contribution is 2.50. The third-order valence-electron chi connectivity index (χ3n) is 6.34. The summed E-state index contributed by atoms with van der Waals surface area (Å²) in [4.78, 5) is 30.1. The number of pyridine rings is 1. The molecule has 3 rings (SSSR count). The molecule has 2 atom stereocenters. The van der Waals surface area contributed by atoms with Crippen LogP contribution in [0.1, 0.15) is 54.1 Å². The highest BCUT2D eigenvalue weighted by atomic mass is 35.5. The number of nitrogens with zero attached hydrogens (tertiary/aromatic N) is 2. The first-order valence-corrected chi connectivity index (χ1v) is 11.8. The summed E-state index contributed by atoms with van der Waals surface area (Å²) in [6.45, 7) is 3.90. The van der Waals surface area contributed by atoms with Crippen LogP contribution in [0.15, 0.2) is 36.5 Å². The van der Waals surface area contributed by atoms with E-state index in [-0.39, 0.29) is 39.1 Å². The van der Waals surface area contributed by atoms with Crippen LogP contribution >= 0.6 is 23.2 Å². The molecule has 1 aromatic carbocycles. The first-order valence-electron chi connectivity index (χ1n) is 11.1. The van der Waals surface area contributed by atoms with Crippen LogP contribution in [0.2, 0.25) is 10.2 Å².